The monoisotopic (exact) mass is 276 g/mol. The van der Waals surface area contributed by atoms with Crippen LogP contribution in [-0.4, -0.2) is 10.2 Å². The summed E-state index contributed by atoms with van der Waals surface area (Å²) in [6, 6.07) is 4.88. The van der Waals surface area contributed by atoms with Gasteiger partial charge < -0.3 is 5.11 Å². The Labute approximate surface area is 108 Å². The molecular formula is C13H12ClF3O. The molecule has 1 aliphatic carbocycles. The summed E-state index contributed by atoms with van der Waals surface area (Å²) in [6.45, 7) is 5.39. The maximum Gasteiger partial charge on any atom is 0.416 e. The lowest BCUT2D eigenvalue weighted by Crippen LogP contribution is -2.06. The van der Waals surface area contributed by atoms with Crippen LogP contribution in [0.2, 0.25) is 0 Å². The summed E-state index contributed by atoms with van der Waals surface area (Å²) in [5, 5.41) is 8.37. The average Bonchev–Trinajstić information content (AvgIpc) is 2.81. The molecule has 2 rings (SSSR count). The van der Waals surface area contributed by atoms with Gasteiger partial charge in [0.2, 0.25) is 0 Å². The van der Waals surface area contributed by atoms with Crippen molar-refractivity contribution >= 4 is 11.6 Å². The molecule has 1 aromatic carbocycles. The van der Waals surface area contributed by atoms with Crippen LogP contribution in [-0.2, 0) is 6.18 Å². The summed E-state index contributed by atoms with van der Waals surface area (Å²) in [7, 11) is 0. The predicted octanol–water partition coefficient (Wildman–Crippen LogP) is 3.92. The largest absolute Gasteiger partial charge is 0.416 e. The summed E-state index contributed by atoms with van der Waals surface area (Å²) in [5.74, 6) is -0.929. The topological polar surface area (TPSA) is 20.2 Å². The molecule has 0 heterocycles. The van der Waals surface area contributed by atoms with Gasteiger partial charge in [0.15, 0.2) is 5.06 Å². The van der Waals surface area contributed by atoms with Gasteiger partial charge in [-0.1, -0.05) is 42.0 Å². The number of hydrogen-bond acceptors (Lipinski definition) is 1. The molecule has 3 unspecified atom stereocenters. The van der Waals surface area contributed by atoms with E-state index in [4.69, 9.17) is 11.6 Å². The molecule has 18 heavy (non-hydrogen) atoms. The molecule has 1 N–H and O–H groups in total. The van der Waals surface area contributed by atoms with Crippen LogP contribution in [0.25, 0.3) is 0 Å². The molecule has 1 aliphatic rings. The van der Waals surface area contributed by atoms with Gasteiger partial charge in [0.1, 0.15) is 0 Å². The fourth-order valence-corrected chi connectivity index (χ4v) is 2.81. The van der Waals surface area contributed by atoms with Gasteiger partial charge >= 0.3 is 6.18 Å². The van der Waals surface area contributed by atoms with E-state index in [1.165, 1.54) is 12.1 Å². The number of benzene rings is 1. The summed E-state index contributed by atoms with van der Waals surface area (Å²) >= 11 is 5.88. The molecule has 0 amide bonds. The van der Waals surface area contributed by atoms with Crippen molar-refractivity contribution in [3.63, 3.8) is 0 Å². The van der Waals surface area contributed by atoms with Crippen molar-refractivity contribution < 1.29 is 18.3 Å². The lowest BCUT2D eigenvalue weighted by molar-refractivity contribution is -0.137. The molecule has 1 nitrogen and oxygen atoms in total. The van der Waals surface area contributed by atoms with Crippen molar-refractivity contribution in [2.45, 2.75) is 24.1 Å². The van der Waals surface area contributed by atoms with E-state index in [0.29, 0.717) is 11.1 Å². The Balaban J connectivity index is 2.34. The van der Waals surface area contributed by atoms with Crippen LogP contribution in [0.15, 0.2) is 36.4 Å². The summed E-state index contributed by atoms with van der Waals surface area (Å²) in [4.78, 5) is 0. The Morgan fingerprint density at radius 1 is 1.44 bits per heavy atom. The molecule has 0 bridgehead atoms. The summed E-state index contributed by atoms with van der Waals surface area (Å²) in [6.07, 6.45) is -4.39. The molecule has 0 radical (unpaired) electrons. The Kier molecular flexibility index (Phi) is 2.98. The first-order chi connectivity index (χ1) is 8.15. The van der Waals surface area contributed by atoms with Gasteiger partial charge in [-0.05, 0) is 18.6 Å². The first-order valence-electron chi connectivity index (χ1n) is 5.39. The average molecular weight is 277 g/mol. The fraction of sp³-hybridized carbons (Fsp3) is 0.385. The third kappa shape index (κ3) is 2.15. The Bertz CT molecular complexity index is 493. The Hall–Kier alpha value is -1.00. The lowest BCUT2D eigenvalue weighted by atomic mass is 10.0. The van der Waals surface area contributed by atoms with E-state index in [0.717, 1.165) is 12.1 Å². The highest BCUT2D eigenvalue weighted by molar-refractivity contribution is 6.26. The number of alkyl halides is 4. The molecular weight excluding hydrogens is 265 g/mol. The quantitative estimate of drug-likeness (QED) is 0.641. The van der Waals surface area contributed by atoms with Crippen LogP contribution < -0.4 is 0 Å². The van der Waals surface area contributed by atoms with Gasteiger partial charge in [-0.25, -0.2) is 0 Å². The second-order valence-corrected chi connectivity index (χ2v) is 5.26. The van der Waals surface area contributed by atoms with E-state index in [9.17, 15) is 18.3 Å². The van der Waals surface area contributed by atoms with Crippen molar-refractivity contribution in [1.82, 2.24) is 0 Å². The van der Waals surface area contributed by atoms with E-state index in [-0.39, 0.29) is 0 Å². The normalized spacial score (nSPS) is 31.2. The van der Waals surface area contributed by atoms with Crippen molar-refractivity contribution in [3.8, 4) is 0 Å². The van der Waals surface area contributed by atoms with Crippen LogP contribution in [0.1, 0.15) is 24.0 Å². The minimum absolute atomic E-state index is 0.385. The Morgan fingerprint density at radius 3 is 2.50 bits per heavy atom. The molecule has 3 atom stereocenters. The number of hydrogen-bond donors (Lipinski definition) is 1. The zero-order chi connectivity index (χ0) is 13.7. The predicted molar refractivity (Wildman–Crippen MR) is 63.3 cm³/mol. The smallest absolute Gasteiger partial charge is 0.374 e. The number of aliphatic hydroxyl groups is 1. The number of halogens is 4. The van der Waals surface area contributed by atoms with Gasteiger partial charge in [0.25, 0.3) is 0 Å². The molecule has 1 fully saturated rings. The van der Waals surface area contributed by atoms with Gasteiger partial charge in [-0.3, -0.25) is 0 Å². The molecule has 0 aliphatic heterocycles. The second kappa shape index (κ2) is 4.00. The molecule has 98 valence electrons. The van der Waals surface area contributed by atoms with E-state index < -0.39 is 28.6 Å². The third-order valence-electron chi connectivity index (χ3n) is 3.20. The van der Waals surface area contributed by atoms with Crippen molar-refractivity contribution in [1.29, 1.82) is 0 Å². The molecule has 5 heteroatoms. The van der Waals surface area contributed by atoms with Gasteiger partial charge in [-0.2, -0.15) is 13.2 Å². The first kappa shape index (κ1) is 13.4. The van der Waals surface area contributed by atoms with Crippen LogP contribution in [0.5, 0.6) is 0 Å². The van der Waals surface area contributed by atoms with Gasteiger partial charge in [0, 0.05) is 11.8 Å². The maximum absolute atomic E-state index is 12.6. The highest BCUT2D eigenvalue weighted by Gasteiger charge is 2.64. The number of rotatable bonds is 2. The van der Waals surface area contributed by atoms with Crippen molar-refractivity contribution in [2.75, 3.05) is 0 Å². The van der Waals surface area contributed by atoms with Gasteiger partial charge in [-0.15, -0.1) is 0 Å². The van der Waals surface area contributed by atoms with Crippen molar-refractivity contribution in [2.24, 2.45) is 5.92 Å². The highest BCUT2D eigenvalue weighted by Crippen LogP contribution is 2.63. The molecule has 0 aromatic heterocycles. The van der Waals surface area contributed by atoms with Crippen LogP contribution in [0.4, 0.5) is 13.2 Å². The van der Waals surface area contributed by atoms with E-state index in [2.05, 4.69) is 6.58 Å². The molecule has 0 saturated heterocycles. The summed E-state index contributed by atoms with van der Waals surface area (Å²) < 4.78 is 37.8. The second-order valence-electron chi connectivity index (χ2n) is 4.65. The highest BCUT2D eigenvalue weighted by atomic mass is 35.5. The minimum atomic E-state index is -4.39. The van der Waals surface area contributed by atoms with Crippen molar-refractivity contribution in [3.05, 3.63) is 47.5 Å². The maximum atomic E-state index is 12.6. The zero-order valence-electron chi connectivity index (χ0n) is 9.63. The fourth-order valence-electron chi connectivity index (χ4n) is 2.31. The standard InChI is InChI=1S/C13H12ClF3O/c1-7(2)10-11(12(10,14)18)8-4-3-5-9(6-8)13(15,16)17/h3-6,10-11,18H,1H2,2H3. The lowest BCUT2D eigenvalue weighted by Gasteiger charge is -2.08. The zero-order valence-corrected chi connectivity index (χ0v) is 10.4. The SMILES string of the molecule is C=C(C)C1C(c2cccc(C(F)(F)F)c2)C1(O)Cl. The van der Waals surface area contributed by atoms with Crippen LogP contribution in [0, 0.1) is 5.92 Å². The molecule has 0 spiro atoms. The molecule has 1 saturated carbocycles. The van der Waals surface area contributed by atoms with E-state index >= 15 is 0 Å². The minimum Gasteiger partial charge on any atom is -0.374 e. The first-order valence-corrected chi connectivity index (χ1v) is 5.77. The molecule has 1 aromatic rings. The van der Waals surface area contributed by atoms with E-state index in [1.54, 1.807) is 6.92 Å². The summed E-state index contributed by atoms with van der Waals surface area (Å²) in [5.41, 5.74) is 0.310. The van der Waals surface area contributed by atoms with Crippen LogP contribution in [0.3, 0.4) is 0 Å². The Morgan fingerprint density at radius 2 is 2.06 bits per heavy atom. The van der Waals surface area contributed by atoms with Gasteiger partial charge in [0.05, 0.1) is 5.56 Å². The van der Waals surface area contributed by atoms with Crippen LogP contribution >= 0.6 is 11.6 Å². The third-order valence-corrected chi connectivity index (χ3v) is 3.67. The van der Waals surface area contributed by atoms with E-state index in [1.807, 2.05) is 0 Å².